The summed E-state index contributed by atoms with van der Waals surface area (Å²) in [6.45, 7) is 22.1. The van der Waals surface area contributed by atoms with Crippen molar-refractivity contribution in [2.45, 2.75) is 69.2 Å². The van der Waals surface area contributed by atoms with Crippen LogP contribution in [0.4, 0.5) is 34.1 Å². The van der Waals surface area contributed by atoms with E-state index < -0.39 is 0 Å². The summed E-state index contributed by atoms with van der Waals surface area (Å²) in [5.41, 5.74) is 31.6. The zero-order valence-corrected chi connectivity index (χ0v) is 43.5. The molecular formula is C70H64N2. The third-order valence-electron chi connectivity index (χ3n) is 14.4. The number of anilines is 6. The van der Waals surface area contributed by atoms with E-state index in [1.807, 2.05) is 0 Å². The van der Waals surface area contributed by atoms with E-state index in [0.717, 1.165) is 28.4 Å². The van der Waals surface area contributed by atoms with Crippen LogP contribution in [0.3, 0.4) is 0 Å². The van der Waals surface area contributed by atoms with Crippen LogP contribution in [0.2, 0.25) is 0 Å². The first-order chi connectivity index (χ1) is 34.8. The maximum absolute atomic E-state index is 2.47. The van der Waals surface area contributed by atoms with Crippen LogP contribution in [0.15, 0.2) is 206 Å². The molecule has 0 aliphatic carbocycles. The Labute approximate surface area is 428 Å². The van der Waals surface area contributed by atoms with Crippen molar-refractivity contribution in [3.63, 3.8) is 0 Å². The average molecular weight is 933 g/mol. The van der Waals surface area contributed by atoms with Gasteiger partial charge in [0.1, 0.15) is 0 Å². The van der Waals surface area contributed by atoms with Crippen molar-refractivity contribution < 1.29 is 0 Å². The molecule has 0 saturated heterocycles. The predicted molar refractivity (Wildman–Crippen MR) is 310 cm³/mol. The number of nitrogens with zero attached hydrogens (tertiary/aromatic N) is 2. The fraction of sp³-hybridized carbons (Fsp3) is 0.143. The summed E-state index contributed by atoms with van der Waals surface area (Å²) < 4.78 is 0. The summed E-state index contributed by atoms with van der Waals surface area (Å²) in [6, 6.07) is 76.7. The van der Waals surface area contributed by atoms with Crippen molar-refractivity contribution in [3.05, 3.63) is 262 Å². The van der Waals surface area contributed by atoms with Crippen LogP contribution in [-0.4, -0.2) is 0 Å². The Morgan fingerprint density at radius 1 is 0.208 bits per heavy atom. The van der Waals surface area contributed by atoms with Crippen molar-refractivity contribution in [1.82, 2.24) is 0 Å². The van der Waals surface area contributed by atoms with Crippen LogP contribution >= 0.6 is 0 Å². The van der Waals surface area contributed by atoms with Gasteiger partial charge >= 0.3 is 0 Å². The Morgan fingerprint density at radius 2 is 0.500 bits per heavy atom. The molecule has 0 heterocycles. The van der Waals surface area contributed by atoms with E-state index in [9.17, 15) is 0 Å². The van der Waals surface area contributed by atoms with Gasteiger partial charge in [-0.2, -0.15) is 0 Å². The SMILES string of the molecule is Cc1cccc(-c2ccc(N(c3ccc(-c4cc(C)c(N(c5ccc(-c6cccc(C)c6)c(C)c5)c5ccc(-c6cccc(C)c6)c(C)c5)c(C)c4)cc3)c3ccc(-c4cccc(C)c4)c(C)c3)cc2C)c1. The lowest BCUT2D eigenvalue weighted by Gasteiger charge is -2.30. The second-order valence-corrected chi connectivity index (χ2v) is 20.2. The van der Waals surface area contributed by atoms with Crippen LogP contribution in [0.5, 0.6) is 0 Å². The molecule has 10 aromatic rings. The molecule has 0 atom stereocenters. The second kappa shape index (κ2) is 19.9. The van der Waals surface area contributed by atoms with Gasteiger partial charge in [0.25, 0.3) is 0 Å². The van der Waals surface area contributed by atoms with Crippen LogP contribution in [-0.2, 0) is 0 Å². The fourth-order valence-corrected chi connectivity index (χ4v) is 10.8. The highest BCUT2D eigenvalue weighted by atomic mass is 15.2. The highest BCUT2D eigenvalue weighted by molar-refractivity contribution is 5.87. The number of rotatable bonds is 11. The highest BCUT2D eigenvalue weighted by Crippen LogP contribution is 2.45. The predicted octanol–water partition coefficient (Wildman–Crippen LogP) is 20.0. The summed E-state index contributed by atoms with van der Waals surface area (Å²) in [7, 11) is 0. The zero-order valence-electron chi connectivity index (χ0n) is 43.5. The molecule has 0 bridgehead atoms. The van der Waals surface area contributed by atoms with Crippen molar-refractivity contribution in [3.8, 4) is 55.6 Å². The highest BCUT2D eigenvalue weighted by Gasteiger charge is 2.22. The lowest BCUT2D eigenvalue weighted by Crippen LogP contribution is -2.14. The molecule has 0 fully saturated rings. The summed E-state index contributed by atoms with van der Waals surface area (Å²) in [5.74, 6) is 0. The maximum Gasteiger partial charge on any atom is 0.0520 e. The number of aryl methyl sites for hydroxylation is 10. The van der Waals surface area contributed by atoms with Crippen molar-refractivity contribution >= 4 is 34.1 Å². The lowest BCUT2D eigenvalue weighted by atomic mass is 9.94. The molecule has 0 radical (unpaired) electrons. The quantitative estimate of drug-likeness (QED) is 0.128. The first-order valence-electron chi connectivity index (χ1n) is 25.3. The summed E-state index contributed by atoms with van der Waals surface area (Å²) in [5, 5.41) is 0. The van der Waals surface area contributed by atoms with Gasteiger partial charge < -0.3 is 9.80 Å². The Bertz CT molecular complexity index is 3430. The van der Waals surface area contributed by atoms with Crippen molar-refractivity contribution in [2.24, 2.45) is 0 Å². The second-order valence-electron chi connectivity index (χ2n) is 20.2. The normalized spacial score (nSPS) is 11.2. The summed E-state index contributed by atoms with van der Waals surface area (Å²) in [6.07, 6.45) is 0. The molecule has 0 amide bonds. The standard InChI is InChI=1S/C70H64N2/c1-45-15-11-19-56(35-45)66-31-27-62(41-49(66)5)71(63-28-32-67(50(6)42-63)57-20-12-16-46(2)36-57)61-25-23-55(24-26-61)60-39-53(9)70(54(10)40-60)72(64-29-33-68(51(7)43-64)58-21-13-17-47(3)37-58)65-30-34-69(52(8)44-65)59-22-14-18-48(4)38-59/h11-44H,1-10H3. The Kier molecular flexibility index (Phi) is 13.1. The molecule has 72 heavy (non-hydrogen) atoms. The molecule has 0 N–H and O–H groups in total. The molecule has 10 aromatic carbocycles. The first kappa shape index (κ1) is 47.5. The van der Waals surface area contributed by atoms with Crippen LogP contribution in [0.25, 0.3) is 55.6 Å². The maximum atomic E-state index is 2.47. The zero-order chi connectivity index (χ0) is 50.2. The van der Waals surface area contributed by atoms with E-state index in [4.69, 9.17) is 0 Å². The minimum absolute atomic E-state index is 1.11. The van der Waals surface area contributed by atoms with Crippen LogP contribution in [0.1, 0.15) is 55.6 Å². The number of benzene rings is 10. The smallest absolute Gasteiger partial charge is 0.0520 e. The molecule has 354 valence electrons. The molecule has 0 aliphatic heterocycles. The average Bonchev–Trinajstić information content (AvgIpc) is 3.35. The number of hydrogen-bond donors (Lipinski definition) is 0. The van der Waals surface area contributed by atoms with E-state index in [1.165, 1.54) is 117 Å². The molecule has 0 spiro atoms. The molecule has 2 heteroatoms. The van der Waals surface area contributed by atoms with Gasteiger partial charge in [0.2, 0.25) is 0 Å². The van der Waals surface area contributed by atoms with E-state index in [1.54, 1.807) is 0 Å². The molecule has 0 unspecified atom stereocenters. The van der Waals surface area contributed by atoms with Crippen molar-refractivity contribution in [2.75, 3.05) is 9.80 Å². The van der Waals surface area contributed by atoms with Gasteiger partial charge in [-0.3, -0.25) is 0 Å². The first-order valence-corrected chi connectivity index (χ1v) is 25.3. The third-order valence-corrected chi connectivity index (χ3v) is 14.4. The third kappa shape index (κ3) is 9.66. The van der Waals surface area contributed by atoms with Crippen molar-refractivity contribution in [1.29, 1.82) is 0 Å². The molecule has 0 aliphatic rings. The molecular weight excluding hydrogens is 869 g/mol. The molecule has 0 aromatic heterocycles. The summed E-state index contributed by atoms with van der Waals surface area (Å²) in [4.78, 5) is 4.87. The molecule has 10 rings (SSSR count). The van der Waals surface area contributed by atoms with Gasteiger partial charge in [0.15, 0.2) is 0 Å². The Balaban J connectivity index is 1.04. The van der Waals surface area contributed by atoms with Gasteiger partial charge in [-0.15, -0.1) is 0 Å². The molecule has 2 nitrogen and oxygen atoms in total. The lowest BCUT2D eigenvalue weighted by molar-refractivity contribution is 1.21. The monoisotopic (exact) mass is 933 g/mol. The van der Waals surface area contributed by atoms with E-state index in [2.05, 4.69) is 285 Å². The largest absolute Gasteiger partial charge is 0.310 e. The topological polar surface area (TPSA) is 6.48 Å². The van der Waals surface area contributed by atoms with E-state index in [0.29, 0.717) is 0 Å². The molecule has 0 saturated carbocycles. The Hall–Kier alpha value is -8.20. The van der Waals surface area contributed by atoms with Gasteiger partial charge in [-0.05, 0) is 231 Å². The number of hydrogen-bond acceptors (Lipinski definition) is 2. The van der Waals surface area contributed by atoms with Crippen LogP contribution in [0, 0.1) is 69.2 Å². The Morgan fingerprint density at radius 3 is 0.792 bits per heavy atom. The van der Waals surface area contributed by atoms with Gasteiger partial charge in [0.05, 0.1) is 5.69 Å². The summed E-state index contributed by atoms with van der Waals surface area (Å²) >= 11 is 0. The van der Waals surface area contributed by atoms with E-state index >= 15 is 0 Å². The van der Waals surface area contributed by atoms with Crippen LogP contribution < -0.4 is 9.80 Å². The van der Waals surface area contributed by atoms with Gasteiger partial charge in [0, 0.05) is 28.4 Å². The van der Waals surface area contributed by atoms with Gasteiger partial charge in [-0.1, -0.05) is 156 Å². The van der Waals surface area contributed by atoms with Gasteiger partial charge in [-0.25, -0.2) is 0 Å². The minimum Gasteiger partial charge on any atom is -0.310 e. The minimum atomic E-state index is 1.11. The fourth-order valence-electron chi connectivity index (χ4n) is 10.8. The van der Waals surface area contributed by atoms with E-state index in [-0.39, 0.29) is 0 Å².